The molecule has 38 heavy (non-hydrogen) atoms. The van der Waals surface area contributed by atoms with Crippen molar-refractivity contribution in [3.8, 4) is 10.4 Å². The van der Waals surface area contributed by atoms with Gasteiger partial charge in [0.05, 0.1) is 17.5 Å². The van der Waals surface area contributed by atoms with Crippen LogP contribution in [0.2, 0.25) is 0 Å². The zero-order valence-corrected chi connectivity index (χ0v) is 23.0. The van der Waals surface area contributed by atoms with Gasteiger partial charge in [-0.1, -0.05) is 44.2 Å². The number of ether oxygens (including phenoxy) is 1. The number of hydrogen-bond acceptors (Lipinski definition) is 6. The van der Waals surface area contributed by atoms with Gasteiger partial charge in [0.25, 0.3) is 11.8 Å². The van der Waals surface area contributed by atoms with Crippen LogP contribution in [0.5, 0.6) is 0 Å². The van der Waals surface area contributed by atoms with Crippen LogP contribution in [-0.4, -0.2) is 77.2 Å². The molecule has 1 aliphatic carbocycles. The van der Waals surface area contributed by atoms with Gasteiger partial charge in [0.2, 0.25) is 5.91 Å². The quantitative estimate of drug-likeness (QED) is 0.556. The predicted octanol–water partition coefficient (Wildman–Crippen LogP) is 3.51. The van der Waals surface area contributed by atoms with Gasteiger partial charge < -0.3 is 19.9 Å². The first kappa shape index (κ1) is 26.6. The number of ketones is 1. The van der Waals surface area contributed by atoms with Crippen LogP contribution in [0.15, 0.2) is 42.5 Å². The molecular weight excluding hydrogens is 502 g/mol. The standard InChI is InChI=1S/C29H35N3O5S/c1-18(2)16-20(30-26(34)24-11-10-23(38-24)19-8-5-4-6-9-19)27(35)31-15-12-21-25(31)22(33)17-32(21)28(36)29(37-3)13-7-14-29/h4-6,8-11,18,20-21,25H,7,12-17H2,1-3H3,(H,30,34). The van der Waals surface area contributed by atoms with Crippen LogP contribution >= 0.6 is 11.3 Å². The third kappa shape index (κ3) is 4.78. The Balaban J connectivity index is 1.30. The Hall–Kier alpha value is -3.04. The van der Waals surface area contributed by atoms with E-state index in [9.17, 15) is 19.2 Å². The molecule has 2 aromatic rings. The SMILES string of the molecule is COC1(C(=O)N2CC(=O)C3C2CCN3C(=O)C(CC(C)C)NC(=O)c2ccc(-c3ccccc3)s2)CCC1. The molecule has 9 heteroatoms. The molecule has 1 N–H and O–H groups in total. The van der Waals surface area contributed by atoms with Crippen molar-refractivity contribution in [2.75, 3.05) is 20.2 Å². The second-order valence-corrected chi connectivity index (χ2v) is 12.1. The molecule has 1 saturated carbocycles. The number of hydrogen-bond donors (Lipinski definition) is 1. The lowest BCUT2D eigenvalue weighted by Gasteiger charge is -2.42. The van der Waals surface area contributed by atoms with Gasteiger partial charge in [-0.05, 0) is 55.7 Å². The summed E-state index contributed by atoms with van der Waals surface area (Å²) in [5.41, 5.74) is 0.200. The lowest BCUT2D eigenvalue weighted by molar-refractivity contribution is -0.167. The van der Waals surface area contributed by atoms with E-state index in [1.807, 2.05) is 50.2 Å². The third-order valence-electron chi connectivity index (χ3n) is 8.11. The number of rotatable bonds is 8. The Labute approximate surface area is 227 Å². The Bertz CT molecular complexity index is 1220. The highest BCUT2D eigenvalue weighted by atomic mass is 32.1. The van der Waals surface area contributed by atoms with E-state index in [4.69, 9.17) is 4.74 Å². The van der Waals surface area contributed by atoms with E-state index in [1.54, 1.807) is 23.0 Å². The monoisotopic (exact) mass is 537 g/mol. The van der Waals surface area contributed by atoms with Gasteiger partial charge >= 0.3 is 0 Å². The van der Waals surface area contributed by atoms with Crippen LogP contribution in [-0.2, 0) is 19.1 Å². The Morgan fingerprint density at radius 2 is 1.84 bits per heavy atom. The number of nitrogens with one attached hydrogen (secondary N) is 1. The molecule has 5 rings (SSSR count). The number of fused-ring (bicyclic) bond motifs is 1. The Morgan fingerprint density at radius 3 is 2.47 bits per heavy atom. The van der Waals surface area contributed by atoms with Crippen molar-refractivity contribution in [1.82, 2.24) is 15.1 Å². The van der Waals surface area contributed by atoms with Gasteiger partial charge in [0.15, 0.2) is 5.78 Å². The van der Waals surface area contributed by atoms with E-state index in [0.717, 1.165) is 16.9 Å². The van der Waals surface area contributed by atoms with E-state index < -0.39 is 17.7 Å². The maximum atomic E-state index is 13.8. The van der Waals surface area contributed by atoms with E-state index in [-0.39, 0.29) is 42.0 Å². The van der Waals surface area contributed by atoms with Crippen LogP contribution < -0.4 is 5.32 Å². The molecular formula is C29H35N3O5S. The largest absolute Gasteiger partial charge is 0.368 e. The Kier molecular flexibility index (Phi) is 7.42. The zero-order chi connectivity index (χ0) is 27.0. The highest BCUT2D eigenvalue weighted by Gasteiger charge is 2.56. The lowest BCUT2D eigenvalue weighted by Crippen LogP contribution is -2.56. The zero-order valence-electron chi connectivity index (χ0n) is 22.1. The lowest BCUT2D eigenvalue weighted by atomic mass is 9.78. The third-order valence-corrected chi connectivity index (χ3v) is 9.24. The average molecular weight is 538 g/mol. The van der Waals surface area contributed by atoms with Crippen LogP contribution in [0.1, 0.15) is 55.6 Å². The van der Waals surface area contributed by atoms with Crippen LogP contribution in [0.4, 0.5) is 0 Å². The van der Waals surface area contributed by atoms with Crippen molar-refractivity contribution in [2.24, 2.45) is 5.92 Å². The maximum Gasteiger partial charge on any atom is 0.262 e. The molecule has 0 radical (unpaired) electrons. The fourth-order valence-corrected chi connectivity index (χ4v) is 6.86. The smallest absolute Gasteiger partial charge is 0.262 e. The molecule has 0 spiro atoms. The summed E-state index contributed by atoms with van der Waals surface area (Å²) in [4.78, 5) is 58.2. The molecule has 3 fully saturated rings. The first-order valence-electron chi connectivity index (χ1n) is 13.4. The van der Waals surface area contributed by atoms with Crippen LogP contribution in [0.3, 0.4) is 0 Å². The summed E-state index contributed by atoms with van der Waals surface area (Å²) in [5.74, 6) is -0.662. The summed E-state index contributed by atoms with van der Waals surface area (Å²) in [7, 11) is 1.55. The molecule has 0 bridgehead atoms. The van der Waals surface area contributed by atoms with Gasteiger partial charge in [0, 0.05) is 18.5 Å². The second kappa shape index (κ2) is 10.6. The number of benzene rings is 1. The summed E-state index contributed by atoms with van der Waals surface area (Å²) >= 11 is 1.38. The normalized spacial score (nSPS) is 22.8. The van der Waals surface area contributed by atoms with E-state index in [1.165, 1.54) is 11.3 Å². The van der Waals surface area contributed by atoms with Gasteiger partial charge in [0.1, 0.15) is 17.7 Å². The number of methoxy groups -OCH3 is 1. The minimum atomic E-state index is -0.833. The fourth-order valence-electron chi connectivity index (χ4n) is 5.94. The number of amides is 3. The number of carbonyl (C=O) groups excluding carboxylic acids is 4. The highest BCUT2D eigenvalue weighted by molar-refractivity contribution is 7.17. The summed E-state index contributed by atoms with van der Waals surface area (Å²) in [5, 5.41) is 2.95. The van der Waals surface area contributed by atoms with Gasteiger partial charge in [-0.15, -0.1) is 11.3 Å². The fraction of sp³-hybridized carbons (Fsp3) is 0.517. The molecule has 202 valence electrons. The van der Waals surface area contributed by atoms with Crippen molar-refractivity contribution in [3.05, 3.63) is 47.3 Å². The minimum absolute atomic E-state index is 0.00171. The molecule has 3 atom stereocenters. The van der Waals surface area contributed by atoms with Crippen molar-refractivity contribution in [1.29, 1.82) is 0 Å². The summed E-state index contributed by atoms with van der Waals surface area (Å²) in [6, 6.07) is 11.8. The molecule has 3 unspecified atom stereocenters. The average Bonchev–Trinajstić information content (AvgIpc) is 3.60. The predicted molar refractivity (Wildman–Crippen MR) is 145 cm³/mol. The summed E-state index contributed by atoms with van der Waals surface area (Å²) < 4.78 is 5.57. The molecule has 3 heterocycles. The maximum absolute atomic E-state index is 13.8. The summed E-state index contributed by atoms with van der Waals surface area (Å²) in [6.07, 6.45) is 3.24. The van der Waals surface area contributed by atoms with E-state index in [0.29, 0.717) is 37.1 Å². The number of likely N-dealkylation sites (tertiary alicyclic amines) is 2. The first-order valence-corrected chi connectivity index (χ1v) is 14.2. The molecule has 3 aliphatic rings. The van der Waals surface area contributed by atoms with Crippen LogP contribution in [0, 0.1) is 5.92 Å². The van der Waals surface area contributed by atoms with E-state index >= 15 is 0 Å². The molecule has 8 nitrogen and oxygen atoms in total. The minimum Gasteiger partial charge on any atom is -0.368 e. The van der Waals surface area contributed by atoms with Gasteiger partial charge in [-0.25, -0.2) is 0 Å². The molecule has 2 saturated heterocycles. The number of thiophene rings is 1. The molecule has 2 aliphatic heterocycles. The summed E-state index contributed by atoms with van der Waals surface area (Å²) in [6.45, 7) is 4.39. The number of Topliss-reactive ketones (excluding diaryl/α,β-unsaturated/α-hetero) is 1. The van der Waals surface area contributed by atoms with Crippen molar-refractivity contribution in [2.45, 2.75) is 69.7 Å². The molecule has 3 amide bonds. The van der Waals surface area contributed by atoms with Crippen molar-refractivity contribution in [3.63, 3.8) is 0 Å². The second-order valence-electron chi connectivity index (χ2n) is 11.0. The van der Waals surface area contributed by atoms with Crippen molar-refractivity contribution < 1.29 is 23.9 Å². The van der Waals surface area contributed by atoms with Crippen molar-refractivity contribution >= 4 is 34.8 Å². The van der Waals surface area contributed by atoms with E-state index in [2.05, 4.69) is 5.32 Å². The molecule has 1 aromatic carbocycles. The van der Waals surface area contributed by atoms with Gasteiger partial charge in [-0.2, -0.15) is 0 Å². The highest BCUT2D eigenvalue weighted by Crippen LogP contribution is 2.40. The topological polar surface area (TPSA) is 96.0 Å². The molecule has 1 aromatic heterocycles. The van der Waals surface area contributed by atoms with Crippen LogP contribution in [0.25, 0.3) is 10.4 Å². The Morgan fingerprint density at radius 1 is 1.11 bits per heavy atom. The van der Waals surface area contributed by atoms with Gasteiger partial charge in [-0.3, -0.25) is 19.2 Å². The number of nitrogens with zero attached hydrogens (tertiary/aromatic N) is 2. The first-order chi connectivity index (χ1) is 18.2. The number of carbonyl (C=O) groups is 4.